The molecule has 0 bridgehead atoms. The van der Waals surface area contributed by atoms with Crippen LogP contribution in [0.15, 0.2) is 12.4 Å². The molecular weight excluding hydrogens is 206 g/mol. The molecule has 0 aliphatic carbocycles. The summed E-state index contributed by atoms with van der Waals surface area (Å²) < 4.78 is 10.7. The molecule has 1 heterocycles. The van der Waals surface area contributed by atoms with Crippen molar-refractivity contribution in [1.29, 1.82) is 0 Å². The first kappa shape index (κ1) is 12.9. The molecule has 1 unspecified atom stereocenters. The van der Waals surface area contributed by atoms with E-state index in [0.29, 0.717) is 12.5 Å². The summed E-state index contributed by atoms with van der Waals surface area (Å²) in [5.74, 6) is 0.543. The summed E-state index contributed by atoms with van der Waals surface area (Å²) >= 11 is 0. The van der Waals surface area contributed by atoms with Crippen LogP contribution in [-0.4, -0.2) is 37.3 Å². The summed E-state index contributed by atoms with van der Waals surface area (Å²) in [4.78, 5) is 8.38. The number of rotatable bonds is 7. The van der Waals surface area contributed by atoms with Gasteiger partial charge < -0.3 is 14.8 Å². The first-order valence-electron chi connectivity index (χ1n) is 5.43. The van der Waals surface area contributed by atoms with Gasteiger partial charge in [0.2, 0.25) is 5.88 Å². The molecule has 0 amide bonds. The Hall–Kier alpha value is -1.20. The van der Waals surface area contributed by atoms with Gasteiger partial charge in [-0.15, -0.1) is 0 Å². The van der Waals surface area contributed by atoms with Gasteiger partial charge in [-0.05, 0) is 13.5 Å². The quantitative estimate of drug-likeness (QED) is 0.706. The standard InChI is InChI=1S/C11H19N3O2/c1-4-7-16-8-9(12-2)10-11(15-3)14-6-5-13-10/h5-6,9,12H,4,7-8H2,1-3H3. The molecule has 90 valence electrons. The van der Waals surface area contributed by atoms with Gasteiger partial charge in [-0.1, -0.05) is 6.92 Å². The molecule has 16 heavy (non-hydrogen) atoms. The van der Waals surface area contributed by atoms with E-state index in [-0.39, 0.29) is 6.04 Å². The van der Waals surface area contributed by atoms with Crippen LogP contribution in [0.5, 0.6) is 5.88 Å². The lowest BCUT2D eigenvalue weighted by molar-refractivity contribution is 0.112. The van der Waals surface area contributed by atoms with Gasteiger partial charge in [-0.25, -0.2) is 4.98 Å². The van der Waals surface area contributed by atoms with Crippen LogP contribution in [0, 0.1) is 0 Å². The first-order chi connectivity index (χ1) is 7.83. The van der Waals surface area contributed by atoms with Crippen molar-refractivity contribution in [2.24, 2.45) is 0 Å². The maximum absolute atomic E-state index is 5.50. The van der Waals surface area contributed by atoms with Crippen molar-refractivity contribution >= 4 is 0 Å². The molecule has 0 fully saturated rings. The van der Waals surface area contributed by atoms with Crippen molar-refractivity contribution in [3.05, 3.63) is 18.1 Å². The molecular formula is C11H19N3O2. The zero-order valence-electron chi connectivity index (χ0n) is 10.1. The highest BCUT2D eigenvalue weighted by Crippen LogP contribution is 2.19. The van der Waals surface area contributed by atoms with Crippen LogP contribution >= 0.6 is 0 Å². The number of nitrogens with one attached hydrogen (secondary N) is 1. The van der Waals surface area contributed by atoms with E-state index in [0.717, 1.165) is 18.7 Å². The molecule has 0 radical (unpaired) electrons. The maximum Gasteiger partial charge on any atom is 0.237 e. The largest absolute Gasteiger partial charge is 0.480 e. The number of hydrogen-bond acceptors (Lipinski definition) is 5. The van der Waals surface area contributed by atoms with E-state index < -0.39 is 0 Å². The number of nitrogens with zero attached hydrogens (tertiary/aromatic N) is 2. The fourth-order valence-electron chi connectivity index (χ4n) is 1.38. The Kier molecular flexibility index (Phi) is 5.74. The van der Waals surface area contributed by atoms with E-state index in [1.54, 1.807) is 19.5 Å². The van der Waals surface area contributed by atoms with Crippen molar-refractivity contribution < 1.29 is 9.47 Å². The van der Waals surface area contributed by atoms with Crippen LogP contribution in [0.1, 0.15) is 25.1 Å². The van der Waals surface area contributed by atoms with Gasteiger partial charge in [0.05, 0.1) is 19.8 Å². The van der Waals surface area contributed by atoms with Crippen LogP contribution in [0.4, 0.5) is 0 Å². The molecule has 0 aliphatic heterocycles. The van der Waals surface area contributed by atoms with Crippen LogP contribution in [0.3, 0.4) is 0 Å². The van der Waals surface area contributed by atoms with Gasteiger partial charge in [-0.2, -0.15) is 0 Å². The molecule has 5 nitrogen and oxygen atoms in total. The monoisotopic (exact) mass is 225 g/mol. The zero-order chi connectivity index (χ0) is 11.8. The number of hydrogen-bond donors (Lipinski definition) is 1. The van der Waals surface area contributed by atoms with Crippen LogP contribution < -0.4 is 10.1 Å². The molecule has 0 spiro atoms. The molecule has 0 aromatic carbocycles. The maximum atomic E-state index is 5.50. The van der Waals surface area contributed by atoms with E-state index >= 15 is 0 Å². The third kappa shape index (κ3) is 3.43. The van der Waals surface area contributed by atoms with E-state index in [2.05, 4.69) is 22.2 Å². The smallest absolute Gasteiger partial charge is 0.237 e. The Morgan fingerprint density at radius 1 is 1.38 bits per heavy atom. The van der Waals surface area contributed by atoms with Gasteiger partial charge in [-0.3, -0.25) is 4.98 Å². The Morgan fingerprint density at radius 3 is 2.75 bits per heavy atom. The molecule has 0 saturated carbocycles. The molecule has 1 aromatic rings. The highest BCUT2D eigenvalue weighted by Gasteiger charge is 2.16. The predicted molar refractivity (Wildman–Crippen MR) is 61.5 cm³/mol. The number of aromatic nitrogens is 2. The van der Waals surface area contributed by atoms with E-state index in [9.17, 15) is 0 Å². The van der Waals surface area contributed by atoms with E-state index in [1.165, 1.54) is 0 Å². The average molecular weight is 225 g/mol. The fraction of sp³-hybridized carbons (Fsp3) is 0.636. The summed E-state index contributed by atoms with van der Waals surface area (Å²) in [6.07, 6.45) is 4.28. The van der Waals surface area contributed by atoms with Gasteiger partial charge >= 0.3 is 0 Å². The topological polar surface area (TPSA) is 56.3 Å². The highest BCUT2D eigenvalue weighted by molar-refractivity contribution is 5.21. The summed E-state index contributed by atoms with van der Waals surface area (Å²) in [6.45, 7) is 3.40. The Morgan fingerprint density at radius 2 is 2.12 bits per heavy atom. The molecule has 1 rings (SSSR count). The molecule has 1 N–H and O–H groups in total. The van der Waals surface area contributed by atoms with Crippen molar-refractivity contribution in [2.75, 3.05) is 27.4 Å². The van der Waals surface area contributed by atoms with Gasteiger partial charge in [0.1, 0.15) is 5.69 Å². The van der Waals surface area contributed by atoms with Crippen molar-refractivity contribution in [3.63, 3.8) is 0 Å². The predicted octanol–water partition coefficient (Wildman–Crippen LogP) is 1.17. The van der Waals surface area contributed by atoms with Gasteiger partial charge in [0.15, 0.2) is 0 Å². The van der Waals surface area contributed by atoms with Gasteiger partial charge in [0.25, 0.3) is 0 Å². The Bertz CT molecular complexity index is 307. The first-order valence-corrected chi connectivity index (χ1v) is 5.43. The van der Waals surface area contributed by atoms with Crippen LogP contribution in [-0.2, 0) is 4.74 Å². The second-order valence-electron chi connectivity index (χ2n) is 3.37. The Balaban J connectivity index is 2.69. The minimum absolute atomic E-state index is 0.00944. The normalized spacial score (nSPS) is 12.4. The minimum atomic E-state index is 0.00944. The molecule has 5 heteroatoms. The highest BCUT2D eigenvalue weighted by atomic mass is 16.5. The molecule has 1 aromatic heterocycles. The number of likely N-dealkylation sites (N-methyl/N-ethyl adjacent to an activating group) is 1. The zero-order valence-corrected chi connectivity index (χ0v) is 10.1. The Labute approximate surface area is 96.2 Å². The van der Waals surface area contributed by atoms with E-state index in [4.69, 9.17) is 9.47 Å². The van der Waals surface area contributed by atoms with Gasteiger partial charge in [0, 0.05) is 19.0 Å². The third-order valence-electron chi connectivity index (χ3n) is 2.20. The second kappa shape index (κ2) is 7.14. The number of ether oxygens (including phenoxy) is 2. The van der Waals surface area contributed by atoms with Crippen LogP contribution in [0.25, 0.3) is 0 Å². The lowest BCUT2D eigenvalue weighted by Crippen LogP contribution is -2.24. The lowest BCUT2D eigenvalue weighted by Gasteiger charge is -2.17. The molecule has 0 saturated heterocycles. The third-order valence-corrected chi connectivity index (χ3v) is 2.20. The van der Waals surface area contributed by atoms with Crippen molar-refractivity contribution in [3.8, 4) is 5.88 Å². The number of methoxy groups -OCH3 is 1. The molecule has 0 aliphatic rings. The van der Waals surface area contributed by atoms with E-state index in [1.807, 2.05) is 7.05 Å². The minimum Gasteiger partial charge on any atom is -0.480 e. The summed E-state index contributed by atoms with van der Waals surface area (Å²) in [6, 6.07) is 0.00944. The SMILES string of the molecule is CCCOCC(NC)c1nccnc1OC. The second-order valence-corrected chi connectivity index (χ2v) is 3.37. The van der Waals surface area contributed by atoms with Crippen molar-refractivity contribution in [1.82, 2.24) is 15.3 Å². The fourth-order valence-corrected chi connectivity index (χ4v) is 1.38. The summed E-state index contributed by atoms with van der Waals surface area (Å²) in [5, 5.41) is 3.14. The summed E-state index contributed by atoms with van der Waals surface area (Å²) in [5.41, 5.74) is 0.781. The lowest BCUT2D eigenvalue weighted by atomic mass is 10.2. The van der Waals surface area contributed by atoms with Crippen molar-refractivity contribution in [2.45, 2.75) is 19.4 Å². The average Bonchev–Trinajstić information content (AvgIpc) is 2.35. The van der Waals surface area contributed by atoms with Crippen LogP contribution in [0.2, 0.25) is 0 Å². The molecule has 1 atom stereocenters. The summed E-state index contributed by atoms with van der Waals surface area (Å²) in [7, 11) is 3.46.